The number of hydrogen-bond acceptors (Lipinski definition) is 3. The van der Waals surface area contributed by atoms with Crippen molar-refractivity contribution < 1.29 is 14.3 Å². The molecule has 0 aromatic heterocycles. The zero-order valence-corrected chi connectivity index (χ0v) is 9.37. The van der Waals surface area contributed by atoms with E-state index in [1.165, 1.54) is 0 Å². The molecule has 0 fully saturated rings. The van der Waals surface area contributed by atoms with E-state index in [4.69, 9.17) is 9.47 Å². The maximum atomic E-state index is 10.3. The van der Waals surface area contributed by atoms with Gasteiger partial charge in [0.05, 0.1) is 14.2 Å². The van der Waals surface area contributed by atoms with Crippen molar-refractivity contribution in [1.82, 2.24) is 0 Å². The third-order valence-corrected chi connectivity index (χ3v) is 2.44. The number of aryl methyl sites for hydroxylation is 1. The Kier molecular flexibility index (Phi) is 4.16. The molecule has 3 heteroatoms. The van der Waals surface area contributed by atoms with E-state index in [-0.39, 0.29) is 0 Å². The van der Waals surface area contributed by atoms with Crippen LogP contribution in [0.1, 0.15) is 17.5 Å². The predicted molar refractivity (Wildman–Crippen MR) is 58.7 cm³/mol. The minimum atomic E-state index is 0.538. The van der Waals surface area contributed by atoms with Crippen molar-refractivity contribution in [3.63, 3.8) is 0 Å². The second-order valence-electron chi connectivity index (χ2n) is 3.29. The lowest BCUT2D eigenvalue weighted by molar-refractivity contribution is -0.107. The molecule has 1 rings (SSSR count). The smallest absolute Gasteiger partial charge is 0.163 e. The van der Waals surface area contributed by atoms with Gasteiger partial charge in [-0.2, -0.15) is 0 Å². The first-order valence-electron chi connectivity index (χ1n) is 4.88. The standard InChI is InChI=1S/C12H16O3/c1-9-10(5-4-8-13)6-7-11(14-2)12(9)15-3/h6-8H,4-5H2,1-3H3. The normalized spacial score (nSPS) is 9.80. The van der Waals surface area contributed by atoms with Crippen molar-refractivity contribution in [3.05, 3.63) is 23.3 Å². The quantitative estimate of drug-likeness (QED) is 0.695. The summed E-state index contributed by atoms with van der Waals surface area (Å²) in [6, 6.07) is 3.84. The Labute approximate surface area is 90.0 Å². The highest BCUT2D eigenvalue weighted by molar-refractivity contribution is 5.53. The first kappa shape index (κ1) is 11.6. The van der Waals surface area contributed by atoms with Crippen LogP contribution < -0.4 is 9.47 Å². The predicted octanol–water partition coefficient (Wildman–Crippen LogP) is 2.14. The molecule has 3 nitrogen and oxygen atoms in total. The molecule has 1 aromatic carbocycles. The van der Waals surface area contributed by atoms with E-state index in [1.54, 1.807) is 14.2 Å². The van der Waals surface area contributed by atoms with Crippen LogP contribution in [0, 0.1) is 6.92 Å². The second kappa shape index (κ2) is 5.39. The van der Waals surface area contributed by atoms with Gasteiger partial charge < -0.3 is 14.3 Å². The Morgan fingerprint density at radius 1 is 1.27 bits per heavy atom. The number of rotatable bonds is 5. The lowest BCUT2D eigenvalue weighted by Gasteiger charge is -2.13. The highest BCUT2D eigenvalue weighted by Gasteiger charge is 2.10. The van der Waals surface area contributed by atoms with Crippen LogP contribution in [0.2, 0.25) is 0 Å². The summed E-state index contributed by atoms with van der Waals surface area (Å²) in [5, 5.41) is 0. The van der Waals surface area contributed by atoms with Gasteiger partial charge in [-0.05, 0) is 30.5 Å². The molecule has 0 aliphatic rings. The summed E-state index contributed by atoms with van der Waals surface area (Å²) in [6.45, 7) is 1.97. The average Bonchev–Trinajstić information content (AvgIpc) is 2.27. The van der Waals surface area contributed by atoms with Gasteiger partial charge in [0.1, 0.15) is 6.29 Å². The number of hydrogen-bond donors (Lipinski definition) is 0. The Morgan fingerprint density at radius 2 is 2.00 bits per heavy atom. The van der Waals surface area contributed by atoms with Crippen molar-refractivity contribution in [1.29, 1.82) is 0 Å². The minimum absolute atomic E-state index is 0.538. The van der Waals surface area contributed by atoms with E-state index in [0.29, 0.717) is 6.42 Å². The maximum Gasteiger partial charge on any atom is 0.163 e. The number of carbonyl (C=O) groups is 1. The fraction of sp³-hybridized carbons (Fsp3) is 0.417. The van der Waals surface area contributed by atoms with Crippen molar-refractivity contribution >= 4 is 6.29 Å². The first-order valence-corrected chi connectivity index (χ1v) is 4.88. The van der Waals surface area contributed by atoms with Crippen LogP contribution in [0.5, 0.6) is 11.5 Å². The van der Waals surface area contributed by atoms with Crippen LogP contribution in [0.25, 0.3) is 0 Å². The minimum Gasteiger partial charge on any atom is -0.493 e. The van der Waals surface area contributed by atoms with Crippen molar-refractivity contribution in [2.75, 3.05) is 14.2 Å². The molecule has 0 amide bonds. The molecule has 0 bridgehead atoms. The molecule has 0 saturated heterocycles. The van der Waals surface area contributed by atoms with Crippen LogP contribution in [0.4, 0.5) is 0 Å². The van der Waals surface area contributed by atoms with E-state index < -0.39 is 0 Å². The SMILES string of the molecule is COc1ccc(CCC=O)c(C)c1OC. The van der Waals surface area contributed by atoms with Crippen LogP contribution in [-0.4, -0.2) is 20.5 Å². The summed E-state index contributed by atoms with van der Waals surface area (Å²) < 4.78 is 10.5. The summed E-state index contributed by atoms with van der Waals surface area (Å²) in [6.07, 6.45) is 2.21. The van der Waals surface area contributed by atoms with Gasteiger partial charge >= 0.3 is 0 Å². The van der Waals surface area contributed by atoms with E-state index in [0.717, 1.165) is 35.3 Å². The van der Waals surface area contributed by atoms with Crippen molar-refractivity contribution in [2.45, 2.75) is 19.8 Å². The molecule has 1 aromatic rings. The topological polar surface area (TPSA) is 35.5 Å². The fourth-order valence-electron chi connectivity index (χ4n) is 1.61. The average molecular weight is 208 g/mol. The van der Waals surface area contributed by atoms with Gasteiger partial charge in [0.15, 0.2) is 11.5 Å². The van der Waals surface area contributed by atoms with Crippen LogP contribution in [0.15, 0.2) is 12.1 Å². The molecule has 0 spiro atoms. The number of aldehydes is 1. The Hall–Kier alpha value is -1.51. The number of ether oxygens (including phenoxy) is 2. The lowest BCUT2D eigenvalue weighted by atomic mass is 10.0. The van der Waals surface area contributed by atoms with Crippen molar-refractivity contribution in [3.8, 4) is 11.5 Å². The molecule has 0 aliphatic heterocycles. The number of carbonyl (C=O) groups excluding carboxylic acids is 1. The first-order chi connectivity index (χ1) is 7.24. The lowest BCUT2D eigenvalue weighted by Crippen LogP contribution is -1.97. The van der Waals surface area contributed by atoms with Crippen LogP contribution >= 0.6 is 0 Å². The van der Waals surface area contributed by atoms with Gasteiger partial charge in [-0.1, -0.05) is 6.07 Å². The van der Waals surface area contributed by atoms with Crippen molar-refractivity contribution in [2.24, 2.45) is 0 Å². The highest BCUT2D eigenvalue weighted by atomic mass is 16.5. The molecule has 0 radical (unpaired) electrons. The van der Waals surface area contributed by atoms with Gasteiger partial charge in [-0.25, -0.2) is 0 Å². The van der Waals surface area contributed by atoms with Gasteiger partial charge in [-0.15, -0.1) is 0 Å². The highest BCUT2D eigenvalue weighted by Crippen LogP contribution is 2.32. The molecule has 0 N–H and O–H groups in total. The molecule has 0 unspecified atom stereocenters. The second-order valence-corrected chi connectivity index (χ2v) is 3.29. The Bertz CT molecular complexity index is 345. The van der Waals surface area contributed by atoms with Gasteiger partial charge in [0, 0.05) is 6.42 Å². The molecule has 0 atom stereocenters. The third kappa shape index (κ3) is 2.49. The number of benzene rings is 1. The molecule has 0 aliphatic carbocycles. The molecule has 82 valence electrons. The summed E-state index contributed by atoms with van der Waals surface area (Å²) in [5.41, 5.74) is 2.17. The Morgan fingerprint density at radius 3 is 2.53 bits per heavy atom. The number of methoxy groups -OCH3 is 2. The molecule has 0 heterocycles. The largest absolute Gasteiger partial charge is 0.493 e. The molecular formula is C12H16O3. The molecule has 0 saturated carbocycles. The van der Waals surface area contributed by atoms with Gasteiger partial charge in [-0.3, -0.25) is 0 Å². The summed E-state index contributed by atoms with van der Waals surface area (Å²) in [5.74, 6) is 1.48. The maximum absolute atomic E-state index is 10.3. The zero-order valence-electron chi connectivity index (χ0n) is 9.37. The Balaban J connectivity index is 3.05. The van der Waals surface area contributed by atoms with E-state index in [9.17, 15) is 4.79 Å². The molecular weight excluding hydrogens is 192 g/mol. The van der Waals surface area contributed by atoms with Gasteiger partial charge in [0.2, 0.25) is 0 Å². The van der Waals surface area contributed by atoms with E-state index in [2.05, 4.69) is 0 Å². The van der Waals surface area contributed by atoms with Gasteiger partial charge in [0.25, 0.3) is 0 Å². The summed E-state index contributed by atoms with van der Waals surface area (Å²) in [4.78, 5) is 10.3. The van der Waals surface area contributed by atoms with Crippen LogP contribution in [-0.2, 0) is 11.2 Å². The van der Waals surface area contributed by atoms with E-state index in [1.807, 2.05) is 19.1 Å². The molecule has 15 heavy (non-hydrogen) atoms. The fourth-order valence-corrected chi connectivity index (χ4v) is 1.61. The third-order valence-electron chi connectivity index (χ3n) is 2.44. The monoisotopic (exact) mass is 208 g/mol. The van der Waals surface area contributed by atoms with E-state index >= 15 is 0 Å². The summed E-state index contributed by atoms with van der Waals surface area (Å²) in [7, 11) is 3.23. The zero-order chi connectivity index (χ0) is 11.3. The van der Waals surface area contributed by atoms with Crippen LogP contribution in [0.3, 0.4) is 0 Å². The summed E-state index contributed by atoms with van der Waals surface area (Å²) >= 11 is 0.